The third-order valence-corrected chi connectivity index (χ3v) is 3.09. The molecule has 0 amide bonds. The van der Waals surface area contributed by atoms with Crippen molar-refractivity contribution in [2.75, 3.05) is 6.61 Å². The number of aryl methyl sites for hydroxylation is 1. The van der Waals surface area contributed by atoms with E-state index in [1.54, 1.807) is 37.6 Å². The molecule has 0 bridgehead atoms. The molecule has 0 fully saturated rings. The fraction of sp³-hybridized carbons (Fsp3) is 0.357. The Morgan fingerprint density at radius 2 is 2.20 bits per heavy atom. The fourth-order valence-corrected chi connectivity index (χ4v) is 1.98. The van der Waals surface area contributed by atoms with E-state index < -0.39 is 17.7 Å². The second kappa shape index (κ2) is 5.81. The van der Waals surface area contributed by atoms with Gasteiger partial charge in [-0.15, -0.1) is 10.2 Å². The molecule has 6 heteroatoms. The molecule has 0 aliphatic rings. The Balaban J connectivity index is 2.50. The molecule has 1 aromatic carbocycles. The Morgan fingerprint density at radius 1 is 1.45 bits per heavy atom. The number of carbonyl (C=O) groups excluding carboxylic acids is 1. The van der Waals surface area contributed by atoms with Crippen molar-refractivity contribution in [3.05, 3.63) is 47.3 Å². The minimum absolute atomic E-state index is 0.251. The molecule has 1 heterocycles. The molecule has 0 radical (unpaired) electrons. The van der Waals surface area contributed by atoms with Gasteiger partial charge in [-0.25, -0.2) is 4.39 Å². The molecule has 106 valence electrons. The minimum atomic E-state index is -0.781. The molecular formula is C14H16FN3O2. The monoisotopic (exact) mass is 277 g/mol. The van der Waals surface area contributed by atoms with Crippen LogP contribution in [0.25, 0.3) is 0 Å². The maximum Gasteiger partial charge on any atom is 0.321 e. The third-order valence-electron chi connectivity index (χ3n) is 3.09. The highest BCUT2D eigenvalue weighted by Crippen LogP contribution is 2.25. The van der Waals surface area contributed by atoms with E-state index in [0.717, 1.165) is 0 Å². The second-order valence-electron chi connectivity index (χ2n) is 4.40. The lowest BCUT2D eigenvalue weighted by Gasteiger charge is -2.15. The van der Waals surface area contributed by atoms with Crippen LogP contribution in [0.4, 0.5) is 4.39 Å². The van der Waals surface area contributed by atoms with E-state index in [0.29, 0.717) is 17.2 Å². The molecule has 0 spiro atoms. The van der Waals surface area contributed by atoms with Crippen molar-refractivity contribution >= 4 is 5.97 Å². The van der Waals surface area contributed by atoms with E-state index >= 15 is 0 Å². The van der Waals surface area contributed by atoms with Crippen LogP contribution in [-0.4, -0.2) is 27.3 Å². The van der Waals surface area contributed by atoms with E-state index in [1.807, 2.05) is 0 Å². The van der Waals surface area contributed by atoms with Gasteiger partial charge < -0.3 is 9.30 Å². The predicted molar refractivity (Wildman–Crippen MR) is 70.6 cm³/mol. The average Bonchev–Trinajstić information content (AvgIpc) is 2.72. The third kappa shape index (κ3) is 2.68. The molecule has 20 heavy (non-hydrogen) atoms. The van der Waals surface area contributed by atoms with Crippen LogP contribution in [-0.2, 0) is 16.6 Å². The number of hydrogen-bond donors (Lipinski definition) is 0. The van der Waals surface area contributed by atoms with Gasteiger partial charge >= 0.3 is 5.97 Å². The van der Waals surface area contributed by atoms with Crippen LogP contribution in [0.1, 0.15) is 30.1 Å². The molecule has 5 nitrogen and oxygen atoms in total. The number of halogens is 1. The smallest absolute Gasteiger partial charge is 0.321 e. The highest BCUT2D eigenvalue weighted by atomic mass is 19.1. The first-order valence-electron chi connectivity index (χ1n) is 6.32. The normalized spacial score (nSPS) is 12.2. The molecular weight excluding hydrogens is 261 g/mol. The zero-order valence-corrected chi connectivity index (χ0v) is 11.6. The zero-order valence-electron chi connectivity index (χ0n) is 11.6. The highest BCUT2D eigenvalue weighted by Gasteiger charge is 2.29. The Labute approximate surface area is 116 Å². The van der Waals surface area contributed by atoms with Gasteiger partial charge in [0, 0.05) is 7.05 Å². The van der Waals surface area contributed by atoms with Gasteiger partial charge in [0.1, 0.15) is 17.6 Å². The van der Waals surface area contributed by atoms with Gasteiger partial charge in [0.15, 0.2) is 5.82 Å². The molecule has 1 atom stereocenters. The Kier molecular flexibility index (Phi) is 4.12. The summed E-state index contributed by atoms with van der Waals surface area (Å²) in [6.45, 7) is 3.76. The molecule has 0 N–H and O–H groups in total. The molecule has 0 aliphatic heterocycles. The highest BCUT2D eigenvalue weighted by molar-refractivity contribution is 5.81. The summed E-state index contributed by atoms with van der Waals surface area (Å²) in [5.74, 6) is -0.543. The van der Waals surface area contributed by atoms with Crippen molar-refractivity contribution in [3.63, 3.8) is 0 Å². The van der Waals surface area contributed by atoms with E-state index in [9.17, 15) is 9.18 Å². The van der Waals surface area contributed by atoms with Gasteiger partial charge in [-0.05, 0) is 31.5 Å². The van der Waals surface area contributed by atoms with E-state index in [-0.39, 0.29) is 6.61 Å². The van der Waals surface area contributed by atoms with Crippen molar-refractivity contribution in [2.45, 2.75) is 19.8 Å². The lowest BCUT2D eigenvalue weighted by molar-refractivity contribution is -0.144. The number of rotatable bonds is 4. The molecule has 0 saturated carbocycles. The van der Waals surface area contributed by atoms with Crippen molar-refractivity contribution in [2.24, 2.45) is 7.05 Å². The summed E-state index contributed by atoms with van der Waals surface area (Å²) in [6.07, 6.45) is 0. The van der Waals surface area contributed by atoms with Gasteiger partial charge in [-0.3, -0.25) is 4.79 Å². The standard InChI is InChI=1S/C14H16FN3O2/c1-4-20-14(19)12(10-6-5-7-11(15)8-10)13-17-16-9(2)18(13)3/h5-8,12H,4H2,1-3H3. The fourth-order valence-electron chi connectivity index (χ4n) is 1.98. The van der Waals surface area contributed by atoms with Gasteiger partial charge in [-0.2, -0.15) is 0 Å². The van der Waals surface area contributed by atoms with Gasteiger partial charge in [0.05, 0.1) is 6.61 Å². The first-order valence-corrected chi connectivity index (χ1v) is 6.32. The topological polar surface area (TPSA) is 57.0 Å². The molecule has 0 saturated heterocycles. The lowest BCUT2D eigenvalue weighted by Crippen LogP contribution is -2.21. The van der Waals surface area contributed by atoms with Crippen molar-refractivity contribution in [1.82, 2.24) is 14.8 Å². The van der Waals surface area contributed by atoms with Crippen molar-refractivity contribution in [1.29, 1.82) is 0 Å². The van der Waals surface area contributed by atoms with Crippen molar-refractivity contribution < 1.29 is 13.9 Å². The number of aromatic nitrogens is 3. The Morgan fingerprint density at radius 3 is 2.75 bits per heavy atom. The molecule has 0 aliphatic carbocycles. The lowest BCUT2D eigenvalue weighted by atomic mass is 9.98. The summed E-state index contributed by atoms with van der Waals surface area (Å²) in [7, 11) is 1.76. The van der Waals surface area contributed by atoms with Crippen LogP contribution in [0.5, 0.6) is 0 Å². The van der Waals surface area contributed by atoms with E-state index in [4.69, 9.17) is 4.74 Å². The maximum atomic E-state index is 13.4. The number of carbonyl (C=O) groups is 1. The van der Waals surface area contributed by atoms with E-state index in [1.165, 1.54) is 12.1 Å². The molecule has 1 unspecified atom stereocenters. The first kappa shape index (κ1) is 14.2. The van der Waals surface area contributed by atoms with Crippen LogP contribution >= 0.6 is 0 Å². The number of esters is 1. The maximum absolute atomic E-state index is 13.4. The predicted octanol–water partition coefficient (Wildman–Crippen LogP) is 1.96. The SMILES string of the molecule is CCOC(=O)C(c1cccc(F)c1)c1nnc(C)n1C. The summed E-state index contributed by atoms with van der Waals surface area (Å²) in [5.41, 5.74) is 0.499. The molecule has 2 rings (SSSR count). The zero-order chi connectivity index (χ0) is 14.7. The summed E-state index contributed by atoms with van der Waals surface area (Å²) in [5, 5.41) is 7.95. The number of nitrogens with zero attached hydrogens (tertiary/aromatic N) is 3. The number of hydrogen-bond acceptors (Lipinski definition) is 4. The van der Waals surface area contributed by atoms with Crippen LogP contribution in [0.3, 0.4) is 0 Å². The summed E-state index contributed by atoms with van der Waals surface area (Å²) < 4.78 is 20.2. The van der Waals surface area contributed by atoms with Gasteiger partial charge in [-0.1, -0.05) is 12.1 Å². The van der Waals surface area contributed by atoms with E-state index in [2.05, 4.69) is 10.2 Å². The largest absolute Gasteiger partial charge is 0.465 e. The molecule has 2 aromatic rings. The van der Waals surface area contributed by atoms with Crippen LogP contribution < -0.4 is 0 Å². The molecule has 1 aromatic heterocycles. The number of benzene rings is 1. The van der Waals surface area contributed by atoms with Crippen LogP contribution in [0, 0.1) is 12.7 Å². The second-order valence-corrected chi connectivity index (χ2v) is 4.40. The van der Waals surface area contributed by atoms with Crippen LogP contribution in [0.2, 0.25) is 0 Å². The van der Waals surface area contributed by atoms with Gasteiger partial charge in [0.2, 0.25) is 0 Å². The Hall–Kier alpha value is -2.24. The van der Waals surface area contributed by atoms with Crippen molar-refractivity contribution in [3.8, 4) is 0 Å². The average molecular weight is 277 g/mol. The quantitative estimate of drug-likeness (QED) is 0.802. The Bertz CT molecular complexity index is 625. The van der Waals surface area contributed by atoms with Crippen LogP contribution in [0.15, 0.2) is 24.3 Å². The summed E-state index contributed by atoms with van der Waals surface area (Å²) in [4.78, 5) is 12.2. The summed E-state index contributed by atoms with van der Waals surface area (Å²) >= 11 is 0. The van der Waals surface area contributed by atoms with Gasteiger partial charge in [0.25, 0.3) is 0 Å². The summed E-state index contributed by atoms with van der Waals surface area (Å²) in [6, 6.07) is 5.87. The minimum Gasteiger partial charge on any atom is -0.465 e. The number of ether oxygens (including phenoxy) is 1. The first-order chi connectivity index (χ1) is 9.54.